The highest BCUT2D eigenvalue weighted by molar-refractivity contribution is 5.79. The maximum absolute atomic E-state index is 13.5. The summed E-state index contributed by atoms with van der Waals surface area (Å²) in [6, 6.07) is 6.93. The van der Waals surface area contributed by atoms with Crippen LogP contribution in [0.5, 0.6) is 0 Å². The van der Waals surface area contributed by atoms with Crippen molar-refractivity contribution in [1.29, 1.82) is 0 Å². The predicted molar refractivity (Wildman–Crippen MR) is 92.3 cm³/mol. The smallest absolute Gasteiger partial charge is 0.223 e. The molecule has 1 aromatic carbocycles. The summed E-state index contributed by atoms with van der Waals surface area (Å²) in [6.07, 6.45) is 6.34. The highest BCUT2D eigenvalue weighted by Gasteiger charge is 2.58. The van der Waals surface area contributed by atoms with Crippen LogP contribution in [0.2, 0.25) is 0 Å². The van der Waals surface area contributed by atoms with Gasteiger partial charge in [0.2, 0.25) is 5.91 Å². The molecule has 1 N–H and O–H groups in total. The summed E-state index contributed by atoms with van der Waals surface area (Å²) in [7, 11) is 0. The molecule has 4 heteroatoms. The molecule has 4 aliphatic rings. The van der Waals surface area contributed by atoms with Crippen molar-refractivity contribution < 1.29 is 14.3 Å². The van der Waals surface area contributed by atoms with Gasteiger partial charge in [-0.25, -0.2) is 4.39 Å². The highest BCUT2D eigenvalue weighted by Crippen LogP contribution is 2.64. The van der Waals surface area contributed by atoms with Crippen molar-refractivity contribution in [3.05, 3.63) is 35.6 Å². The second kappa shape index (κ2) is 5.54. The minimum Gasteiger partial charge on any atom is -0.389 e. The lowest BCUT2D eigenvalue weighted by Gasteiger charge is -2.51. The number of benzene rings is 1. The molecule has 5 rings (SSSR count). The van der Waals surface area contributed by atoms with Gasteiger partial charge in [0.15, 0.2) is 0 Å². The lowest BCUT2D eigenvalue weighted by atomic mass is 9.54. The van der Waals surface area contributed by atoms with E-state index in [1.54, 1.807) is 17.0 Å². The first-order valence-corrected chi connectivity index (χ1v) is 9.77. The van der Waals surface area contributed by atoms with E-state index in [0.717, 1.165) is 29.7 Å². The summed E-state index contributed by atoms with van der Waals surface area (Å²) in [5.74, 6) is 2.94. The molecule has 2 bridgehead atoms. The maximum atomic E-state index is 13.5. The van der Waals surface area contributed by atoms with E-state index in [1.807, 2.05) is 12.1 Å². The van der Waals surface area contributed by atoms with Crippen molar-refractivity contribution in [1.82, 2.24) is 4.90 Å². The largest absolute Gasteiger partial charge is 0.389 e. The Morgan fingerprint density at radius 1 is 1.20 bits per heavy atom. The van der Waals surface area contributed by atoms with E-state index in [0.29, 0.717) is 25.4 Å². The van der Waals surface area contributed by atoms with Crippen LogP contribution >= 0.6 is 0 Å². The standard InChI is InChI=1S/C21H26FNO2/c22-16-3-1-15(2-4-16)21(10-20(25)23-11-17(24)12-23)6-5-14-7-13-8-18(14)19(21)9-13/h1-4,13-14,17-19,24H,5-12H2. The summed E-state index contributed by atoms with van der Waals surface area (Å²) < 4.78 is 13.5. The van der Waals surface area contributed by atoms with Gasteiger partial charge in [0, 0.05) is 24.9 Å². The monoisotopic (exact) mass is 343 g/mol. The summed E-state index contributed by atoms with van der Waals surface area (Å²) >= 11 is 0. The molecule has 0 spiro atoms. The number of likely N-dealkylation sites (tertiary alicyclic amines) is 1. The number of rotatable bonds is 3. The Balaban J connectivity index is 1.49. The Hall–Kier alpha value is -1.42. The molecule has 1 heterocycles. The third-order valence-corrected chi connectivity index (χ3v) is 7.72. The molecule has 1 amide bonds. The molecule has 134 valence electrons. The molecule has 0 aromatic heterocycles. The third-order valence-electron chi connectivity index (χ3n) is 7.72. The zero-order valence-corrected chi connectivity index (χ0v) is 14.5. The van der Waals surface area contributed by atoms with Crippen molar-refractivity contribution in [2.45, 2.75) is 50.0 Å². The van der Waals surface area contributed by atoms with E-state index in [1.165, 1.54) is 25.7 Å². The average Bonchev–Trinajstić information content (AvgIpc) is 3.17. The number of halogens is 1. The Kier molecular flexibility index (Phi) is 3.50. The molecule has 0 radical (unpaired) electrons. The quantitative estimate of drug-likeness (QED) is 0.916. The topological polar surface area (TPSA) is 40.5 Å². The SMILES string of the molecule is O=C(CC1(c2ccc(F)cc2)CCC2CC3CC2C1C3)N1CC(O)C1. The molecule has 5 atom stereocenters. The van der Waals surface area contributed by atoms with Gasteiger partial charge in [-0.1, -0.05) is 12.1 Å². The molecule has 3 nitrogen and oxygen atoms in total. The Labute approximate surface area is 148 Å². The Morgan fingerprint density at radius 3 is 2.64 bits per heavy atom. The number of carbonyl (C=O) groups excluding carboxylic acids is 1. The first kappa shape index (κ1) is 15.8. The van der Waals surface area contributed by atoms with Gasteiger partial charge in [0.25, 0.3) is 0 Å². The van der Waals surface area contributed by atoms with Gasteiger partial charge >= 0.3 is 0 Å². The Morgan fingerprint density at radius 2 is 1.96 bits per heavy atom. The lowest BCUT2D eigenvalue weighted by Crippen LogP contribution is -2.56. The van der Waals surface area contributed by atoms with Crippen LogP contribution < -0.4 is 0 Å². The molecule has 1 aromatic rings. The van der Waals surface area contributed by atoms with Crippen LogP contribution in [0.4, 0.5) is 4.39 Å². The predicted octanol–water partition coefficient (Wildman–Crippen LogP) is 3.11. The van der Waals surface area contributed by atoms with Gasteiger partial charge in [-0.15, -0.1) is 0 Å². The van der Waals surface area contributed by atoms with E-state index >= 15 is 0 Å². The van der Waals surface area contributed by atoms with Crippen LogP contribution in [0.3, 0.4) is 0 Å². The number of hydrogen-bond donors (Lipinski definition) is 1. The average molecular weight is 343 g/mol. The molecular weight excluding hydrogens is 317 g/mol. The fourth-order valence-corrected chi connectivity index (χ4v) is 6.59. The van der Waals surface area contributed by atoms with Crippen molar-refractivity contribution in [3.8, 4) is 0 Å². The fraction of sp³-hybridized carbons (Fsp3) is 0.667. The minimum atomic E-state index is -0.357. The number of carbonyl (C=O) groups is 1. The minimum absolute atomic E-state index is 0.137. The zero-order valence-electron chi connectivity index (χ0n) is 14.5. The van der Waals surface area contributed by atoms with Gasteiger partial charge in [-0.05, 0) is 73.5 Å². The first-order valence-electron chi connectivity index (χ1n) is 9.77. The number of aliphatic hydroxyl groups is 1. The van der Waals surface area contributed by atoms with Crippen LogP contribution in [-0.4, -0.2) is 35.1 Å². The normalized spacial score (nSPS) is 39.5. The summed E-state index contributed by atoms with van der Waals surface area (Å²) in [6.45, 7) is 0.940. The molecular formula is C21H26FNO2. The molecule has 25 heavy (non-hydrogen) atoms. The third kappa shape index (κ3) is 2.37. The van der Waals surface area contributed by atoms with Crippen LogP contribution in [0.25, 0.3) is 0 Å². The van der Waals surface area contributed by atoms with Crippen LogP contribution in [0, 0.1) is 29.5 Å². The summed E-state index contributed by atoms with van der Waals surface area (Å²) in [5, 5.41) is 9.54. The maximum Gasteiger partial charge on any atom is 0.223 e. The first-order chi connectivity index (χ1) is 12.0. The molecule has 3 saturated carbocycles. The van der Waals surface area contributed by atoms with Crippen LogP contribution in [-0.2, 0) is 10.2 Å². The Bertz CT molecular complexity index is 684. The van der Waals surface area contributed by atoms with E-state index in [4.69, 9.17) is 0 Å². The highest BCUT2D eigenvalue weighted by atomic mass is 19.1. The van der Waals surface area contributed by atoms with Gasteiger partial charge in [0.05, 0.1) is 6.10 Å². The number of β-amino-alcohol motifs (C(OH)–C–C–N with tert-alkyl or cyclic N) is 1. The lowest BCUT2D eigenvalue weighted by molar-refractivity contribution is -0.144. The number of aliphatic hydroxyl groups excluding tert-OH is 1. The van der Waals surface area contributed by atoms with Crippen LogP contribution in [0.1, 0.15) is 44.1 Å². The zero-order chi connectivity index (χ0) is 17.2. The van der Waals surface area contributed by atoms with Gasteiger partial charge in [-0.3, -0.25) is 4.79 Å². The second-order valence-electron chi connectivity index (χ2n) is 8.93. The van der Waals surface area contributed by atoms with E-state index < -0.39 is 0 Å². The summed E-state index contributed by atoms with van der Waals surface area (Å²) in [5.41, 5.74) is 1.01. The van der Waals surface area contributed by atoms with E-state index in [9.17, 15) is 14.3 Å². The molecule has 3 aliphatic carbocycles. The van der Waals surface area contributed by atoms with Gasteiger partial charge in [0.1, 0.15) is 5.82 Å². The number of hydrogen-bond acceptors (Lipinski definition) is 2. The van der Waals surface area contributed by atoms with Crippen LogP contribution in [0.15, 0.2) is 24.3 Å². The molecule has 1 aliphatic heterocycles. The molecule has 4 fully saturated rings. The van der Waals surface area contributed by atoms with Crippen molar-refractivity contribution in [3.63, 3.8) is 0 Å². The second-order valence-corrected chi connectivity index (χ2v) is 8.93. The van der Waals surface area contributed by atoms with Crippen molar-refractivity contribution in [2.24, 2.45) is 23.7 Å². The van der Waals surface area contributed by atoms with E-state index in [-0.39, 0.29) is 23.2 Å². The van der Waals surface area contributed by atoms with Crippen molar-refractivity contribution in [2.75, 3.05) is 13.1 Å². The number of fused-ring (bicyclic) bond motifs is 1. The van der Waals surface area contributed by atoms with Gasteiger partial charge in [-0.2, -0.15) is 0 Å². The molecule has 5 unspecified atom stereocenters. The number of amides is 1. The molecule has 1 saturated heterocycles. The van der Waals surface area contributed by atoms with Crippen molar-refractivity contribution >= 4 is 5.91 Å². The number of nitrogens with zero attached hydrogens (tertiary/aromatic N) is 1. The fourth-order valence-electron chi connectivity index (χ4n) is 6.59. The summed E-state index contributed by atoms with van der Waals surface area (Å²) in [4.78, 5) is 14.7. The van der Waals surface area contributed by atoms with Gasteiger partial charge < -0.3 is 10.0 Å². The van der Waals surface area contributed by atoms with E-state index in [2.05, 4.69) is 0 Å².